The highest BCUT2D eigenvalue weighted by atomic mass is 32.1. The Morgan fingerprint density at radius 1 is 1.07 bits per heavy atom. The number of hydrogen-bond acceptors (Lipinski definition) is 4. The fourth-order valence-electron chi connectivity index (χ4n) is 3.75. The van der Waals surface area contributed by atoms with Crippen molar-refractivity contribution in [1.29, 1.82) is 0 Å². The van der Waals surface area contributed by atoms with Gasteiger partial charge >= 0.3 is 0 Å². The van der Waals surface area contributed by atoms with Crippen molar-refractivity contribution in [3.8, 4) is 5.75 Å². The minimum Gasteiger partial charge on any atom is -0.492 e. The third-order valence-electron chi connectivity index (χ3n) is 5.50. The van der Waals surface area contributed by atoms with Gasteiger partial charge in [-0.3, -0.25) is 9.69 Å². The Morgan fingerprint density at radius 3 is 2.47 bits per heavy atom. The summed E-state index contributed by atoms with van der Waals surface area (Å²) in [5.41, 5.74) is 1.18. The van der Waals surface area contributed by atoms with E-state index in [0.717, 1.165) is 32.7 Å². The van der Waals surface area contributed by atoms with Crippen LogP contribution in [-0.2, 0) is 4.79 Å². The van der Waals surface area contributed by atoms with Crippen molar-refractivity contribution in [1.82, 2.24) is 14.4 Å². The minimum absolute atomic E-state index is 0.0425. The Balaban J connectivity index is 1.24. The average Bonchev–Trinajstić information content (AvgIpc) is 3.48. The molecule has 1 fully saturated rings. The molecule has 3 aromatic rings. The van der Waals surface area contributed by atoms with E-state index in [1.165, 1.54) is 17.7 Å². The SMILES string of the molecule is O=C(C[C@H](c1ccsc1)n1cccc1)N1CCN(CCOc2ccc(F)cc2)CC1. The Hall–Kier alpha value is -2.64. The average molecular weight is 428 g/mol. The standard InChI is InChI=1S/C23H26FN3O2S/c24-20-3-5-21(6-4-20)29-15-14-25-10-12-27(13-11-25)23(28)17-22(19-7-16-30-18-19)26-8-1-2-9-26/h1-9,16,18,22H,10-15,17H2/t22-/m1/s1. The summed E-state index contributed by atoms with van der Waals surface area (Å²) in [5, 5.41) is 4.18. The summed E-state index contributed by atoms with van der Waals surface area (Å²) in [6.07, 6.45) is 4.52. The lowest BCUT2D eigenvalue weighted by molar-refractivity contribution is -0.133. The molecule has 0 saturated carbocycles. The monoisotopic (exact) mass is 427 g/mol. The first kappa shape index (κ1) is 20.6. The van der Waals surface area contributed by atoms with Crippen LogP contribution in [0.15, 0.2) is 65.6 Å². The van der Waals surface area contributed by atoms with Crippen LogP contribution in [0.5, 0.6) is 5.75 Å². The molecular weight excluding hydrogens is 401 g/mol. The second-order valence-corrected chi connectivity index (χ2v) is 8.21. The predicted octanol–water partition coefficient (Wildman–Crippen LogP) is 3.89. The van der Waals surface area contributed by atoms with Crippen LogP contribution in [0.25, 0.3) is 0 Å². The van der Waals surface area contributed by atoms with Gasteiger partial charge in [0, 0.05) is 45.1 Å². The molecule has 1 saturated heterocycles. The first-order chi connectivity index (χ1) is 14.7. The molecule has 1 aliphatic heterocycles. The predicted molar refractivity (Wildman–Crippen MR) is 116 cm³/mol. The van der Waals surface area contributed by atoms with Gasteiger partial charge in [0.05, 0.1) is 12.5 Å². The lowest BCUT2D eigenvalue weighted by Crippen LogP contribution is -2.49. The number of thiophene rings is 1. The van der Waals surface area contributed by atoms with Gasteiger partial charge in [0.1, 0.15) is 18.2 Å². The van der Waals surface area contributed by atoms with Crippen LogP contribution in [0, 0.1) is 5.82 Å². The van der Waals surface area contributed by atoms with Gasteiger partial charge in [-0.15, -0.1) is 0 Å². The molecule has 0 radical (unpaired) electrons. The van der Waals surface area contributed by atoms with E-state index in [9.17, 15) is 9.18 Å². The maximum Gasteiger partial charge on any atom is 0.225 e. The number of carbonyl (C=O) groups excluding carboxylic acids is 1. The van der Waals surface area contributed by atoms with Crippen LogP contribution >= 0.6 is 11.3 Å². The van der Waals surface area contributed by atoms with Crippen molar-refractivity contribution in [2.75, 3.05) is 39.3 Å². The number of halogens is 1. The summed E-state index contributed by atoms with van der Waals surface area (Å²) >= 11 is 1.66. The van der Waals surface area contributed by atoms with E-state index in [-0.39, 0.29) is 17.8 Å². The third kappa shape index (κ3) is 5.29. The number of rotatable bonds is 8. The molecule has 0 aliphatic carbocycles. The normalized spacial score (nSPS) is 15.8. The summed E-state index contributed by atoms with van der Waals surface area (Å²) < 4.78 is 20.7. The smallest absolute Gasteiger partial charge is 0.225 e. The highest BCUT2D eigenvalue weighted by molar-refractivity contribution is 7.08. The molecular formula is C23H26FN3O2S. The number of ether oxygens (including phenoxy) is 1. The van der Waals surface area contributed by atoms with Crippen LogP contribution in [-0.4, -0.2) is 59.6 Å². The molecule has 1 aromatic carbocycles. The summed E-state index contributed by atoms with van der Waals surface area (Å²) in [4.78, 5) is 17.2. The second kappa shape index (κ2) is 9.91. The number of benzene rings is 1. The van der Waals surface area contributed by atoms with Gasteiger partial charge in [-0.2, -0.15) is 11.3 Å². The van der Waals surface area contributed by atoms with E-state index >= 15 is 0 Å². The summed E-state index contributed by atoms with van der Waals surface area (Å²) in [7, 11) is 0. The Bertz CT molecular complexity index is 870. The summed E-state index contributed by atoms with van der Waals surface area (Å²) in [5.74, 6) is 0.609. The molecule has 1 atom stereocenters. The first-order valence-corrected chi connectivity index (χ1v) is 11.2. The van der Waals surface area contributed by atoms with E-state index in [4.69, 9.17) is 4.74 Å². The fraction of sp³-hybridized carbons (Fsp3) is 0.348. The van der Waals surface area contributed by atoms with Crippen LogP contribution in [0.3, 0.4) is 0 Å². The molecule has 0 bridgehead atoms. The Kier molecular flexibility index (Phi) is 6.81. The van der Waals surface area contributed by atoms with Crippen LogP contribution < -0.4 is 4.74 Å². The van der Waals surface area contributed by atoms with Crippen molar-refractivity contribution in [3.63, 3.8) is 0 Å². The molecule has 5 nitrogen and oxygen atoms in total. The Labute approximate surface area is 180 Å². The van der Waals surface area contributed by atoms with E-state index in [1.807, 2.05) is 29.4 Å². The van der Waals surface area contributed by atoms with Gasteiger partial charge in [0.25, 0.3) is 0 Å². The van der Waals surface area contributed by atoms with Crippen molar-refractivity contribution in [2.24, 2.45) is 0 Å². The van der Waals surface area contributed by atoms with Gasteiger partial charge in [-0.05, 0) is 58.8 Å². The van der Waals surface area contributed by atoms with Crippen LogP contribution in [0.1, 0.15) is 18.0 Å². The maximum absolute atomic E-state index is 13.0. The molecule has 4 rings (SSSR count). The summed E-state index contributed by atoms with van der Waals surface area (Å²) in [6.45, 7) is 4.49. The molecule has 0 unspecified atom stereocenters. The molecule has 0 N–H and O–H groups in total. The van der Waals surface area contributed by atoms with Gasteiger partial charge in [0.15, 0.2) is 0 Å². The lowest BCUT2D eigenvalue weighted by atomic mass is 10.1. The largest absolute Gasteiger partial charge is 0.492 e. The number of piperazine rings is 1. The molecule has 158 valence electrons. The quantitative estimate of drug-likeness (QED) is 0.547. The molecule has 3 heterocycles. The van der Waals surface area contributed by atoms with Crippen molar-refractivity contribution < 1.29 is 13.9 Å². The van der Waals surface area contributed by atoms with Gasteiger partial charge < -0.3 is 14.2 Å². The first-order valence-electron chi connectivity index (χ1n) is 10.2. The summed E-state index contributed by atoms with van der Waals surface area (Å²) in [6, 6.07) is 12.2. The molecule has 1 amide bonds. The molecule has 0 spiro atoms. The number of nitrogens with zero attached hydrogens (tertiary/aromatic N) is 3. The minimum atomic E-state index is -0.263. The van der Waals surface area contributed by atoms with Gasteiger partial charge in [-0.25, -0.2) is 4.39 Å². The third-order valence-corrected chi connectivity index (χ3v) is 6.20. The zero-order valence-corrected chi connectivity index (χ0v) is 17.6. The maximum atomic E-state index is 13.0. The second-order valence-electron chi connectivity index (χ2n) is 7.43. The molecule has 1 aliphatic rings. The topological polar surface area (TPSA) is 37.7 Å². The van der Waals surface area contributed by atoms with E-state index in [1.54, 1.807) is 23.5 Å². The fourth-order valence-corrected chi connectivity index (χ4v) is 4.46. The zero-order chi connectivity index (χ0) is 20.8. The van der Waals surface area contributed by atoms with Crippen molar-refractivity contribution >= 4 is 17.2 Å². The van der Waals surface area contributed by atoms with Crippen LogP contribution in [0.4, 0.5) is 4.39 Å². The lowest BCUT2D eigenvalue weighted by Gasteiger charge is -2.35. The molecule has 30 heavy (non-hydrogen) atoms. The number of amides is 1. The van der Waals surface area contributed by atoms with Crippen LogP contribution in [0.2, 0.25) is 0 Å². The number of aromatic nitrogens is 1. The highest BCUT2D eigenvalue weighted by Gasteiger charge is 2.25. The Morgan fingerprint density at radius 2 is 1.80 bits per heavy atom. The highest BCUT2D eigenvalue weighted by Crippen LogP contribution is 2.25. The van der Waals surface area contributed by atoms with Crippen molar-refractivity contribution in [2.45, 2.75) is 12.5 Å². The number of carbonyl (C=O) groups is 1. The number of hydrogen-bond donors (Lipinski definition) is 0. The van der Waals surface area contributed by atoms with E-state index in [0.29, 0.717) is 18.8 Å². The zero-order valence-electron chi connectivity index (χ0n) is 16.8. The molecule has 7 heteroatoms. The van der Waals surface area contributed by atoms with E-state index < -0.39 is 0 Å². The van der Waals surface area contributed by atoms with Crippen molar-refractivity contribution in [3.05, 3.63) is 77.0 Å². The molecule has 2 aromatic heterocycles. The van der Waals surface area contributed by atoms with E-state index in [2.05, 4.69) is 26.3 Å². The van der Waals surface area contributed by atoms with Gasteiger partial charge in [-0.1, -0.05) is 0 Å². The van der Waals surface area contributed by atoms with Gasteiger partial charge in [0.2, 0.25) is 5.91 Å².